The van der Waals surface area contributed by atoms with E-state index in [4.69, 9.17) is 17.9 Å². The van der Waals surface area contributed by atoms with Crippen LogP contribution in [-0.4, -0.2) is 22.1 Å². The third-order valence-corrected chi connectivity index (χ3v) is 3.07. The van der Waals surface area contributed by atoms with Crippen LogP contribution >= 0.6 is 0 Å². The third-order valence-electron chi connectivity index (χ3n) is 3.07. The molecule has 0 spiro atoms. The lowest BCUT2D eigenvalue weighted by molar-refractivity contribution is 1.12. The van der Waals surface area contributed by atoms with E-state index in [1.807, 2.05) is 32.0 Å². The Labute approximate surface area is 140 Å². The highest BCUT2D eigenvalue weighted by molar-refractivity contribution is 5.93. The molecule has 2 aromatic rings. The number of benzene rings is 1. The molecule has 24 heavy (non-hydrogen) atoms. The Morgan fingerprint density at radius 1 is 1.25 bits per heavy atom. The first-order valence-electron chi connectivity index (χ1n) is 7.21. The second-order valence-corrected chi connectivity index (χ2v) is 5.05. The van der Waals surface area contributed by atoms with Crippen LogP contribution in [0.3, 0.4) is 0 Å². The van der Waals surface area contributed by atoms with Gasteiger partial charge in [-0.15, -0.1) is 6.42 Å². The Bertz CT molecular complexity index is 913. The van der Waals surface area contributed by atoms with Crippen LogP contribution in [0.25, 0.3) is 10.9 Å². The van der Waals surface area contributed by atoms with Gasteiger partial charge in [-0.05, 0) is 38.1 Å². The minimum atomic E-state index is 0.0122. The van der Waals surface area contributed by atoms with E-state index in [9.17, 15) is 0 Å². The van der Waals surface area contributed by atoms with Crippen molar-refractivity contribution in [3.8, 4) is 12.3 Å². The normalized spacial score (nSPS) is 13.0. The summed E-state index contributed by atoms with van der Waals surface area (Å²) in [6, 6.07) is 5.95. The van der Waals surface area contributed by atoms with Crippen LogP contribution in [0.4, 0.5) is 5.95 Å². The summed E-state index contributed by atoms with van der Waals surface area (Å²) in [5.74, 6) is 2.62. The van der Waals surface area contributed by atoms with Crippen molar-refractivity contribution in [2.75, 3.05) is 0 Å². The average Bonchev–Trinajstić information content (AvgIpc) is 2.54. The van der Waals surface area contributed by atoms with Gasteiger partial charge >= 0.3 is 0 Å². The largest absolute Gasteiger partial charge is 0.397 e. The van der Waals surface area contributed by atoms with Crippen LogP contribution in [0.2, 0.25) is 0 Å². The van der Waals surface area contributed by atoms with Crippen molar-refractivity contribution in [2.45, 2.75) is 13.8 Å². The Kier molecular flexibility index (Phi) is 5.42. The van der Waals surface area contributed by atoms with Gasteiger partial charge in [0.15, 0.2) is 0 Å². The van der Waals surface area contributed by atoms with Gasteiger partial charge in [-0.1, -0.05) is 23.6 Å². The molecular formula is C18H18N6. The summed E-state index contributed by atoms with van der Waals surface area (Å²) >= 11 is 0. The van der Waals surface area contributed by atoms with Gasteiger partial charge in [0.05, 0.1) is 23.1 Å². The fourth-order valence-electron chi connectivity index (χ4n) is 1.96. The van der Waals surface area contributed by atoms with E-state index in [1.165, 1.54) is 12.3 Å². The number of aliphatic imine (C=N–C) groups is 2. The quantitative estimate of drug-likeness (QED) is 0.392. The number of rotatable bonds is 3. The van der Waals surface area contributed by atoms with Crippen molar-refractivity contribution in [1.29, 1.82) is 0 Å². The molecule has 0 unspecified atom stereocenters. The summed E-state index contributed by atoms with van der Waals surface area (Å²) in [7, 11) is 0. The number of nitrogens with two attached hydrogens (primary N) is 2. The summed E-state index contributed by atoms with van der Waals surface area (Å²) in [4.78, 5) is 16.8. The first-order valence-corrected chi connectivity index (χ1v) is 7.21. The van der Waals surface area contributed by atoms with Crippen LogP contribution in [-0.2, 0) is 0 Å². The first kappa shape index (κ1) is 16.9. The Morgan fingerprint density at radius 2 is 2.04 bits per heavy atom. The SMILES string of the molecule is C#C/C=C\C=C(/N)C=NC(N)=Nc1nc(C)c2cc(C)ccc2n1. The summed E-state index contributed by atoms with van der Waals surface area (Å²) in [6.45, 7) is 3.93. The second-order valence-electron chi connectivity index (χ2n) is 5.05. The van der Waals surface area contributed by atoms with Gasteiger partial charge in [0.25, 0.3) is 5.95 Å². The summed E-state index contributed by atoms with van der Waals surface area (Å²) in [5.41, 5.74) is 14.7. The fraction of sp³-hybridized carbons (Fsp3) is 0.111. The molecule has 0 amide bonds. The third kappa shape index (κ3) is 4.52. The Balaban J connectivity index is 2.26. The Morgan fingerprint density at radius 3 is 2.79 bits per heavy atom. The lowest BCUT2D eigenvalue weighted by Gasteiger charge is -2.03. The zero-order valence-corrected chi connectivity index (χ0v) is 13.6. The van der Waals surface area contributed by atoms with Crippen molar-refractivity contribution in [3.63, 3.8) is 0 Å². The van der Waals surface area contributed by atoms with Gasteiger partial charge < -0.3 is 11.5 Å². The van der Waals surface area contributed by atoms with Crippen LogP contribution in [0.5, 0.6) is 0 Å². The van der Waals surface area contributed by atoms with Gasteiger partial charge in [-0.2, -0.15) is 4.99 Å². The molecule has 120 valence electrons. The maximum atomic E-state index is 5.77. The monoisotopic (exact) mass is 318 g/mol. The van der Waals surface area contributed by atoms with Gasteiger partial charge in [0.2, 0.25) is 5.96 Å². The highest BCUT2D eigenvalue weighted by Crippen LogP contribution is 2.19. The molecule has 6 heteroatoms. The molecule has 0 aliphatic rings. The van der Waals surface area contributed by atoms with Crippen molar-refractivity contribution in [2.24, 2.45) is 21.5 Å². The molecule has 0 aliphatic heterocycles. The molecule has 0 fully saturated rings. The molecule has 1 aromatic carbocycles. The number of hydrogen-bond donors (Lipinski definition) is 2. The van der Waals surface area contributed by atoms with Gasteiger partial charge in [0.1, 0.15) is 0 Å². The number of guanidine groups is 1. The molecule has 6 nitrogen and oxygen atoms in total. The zero-order valence-electron chi connectivity index (χ0n) is 13.6. The van der Waals surface area contributed by atoms with E-state index in [0.717, 1.165) is 22.2 Å². The molecule has 4 N–H and O–H groups in total. The fourth-order valence-corrected chi connectivity index (χ4v) is 1.96. The minimum absolute atomic E-state index is 0.0122. The second kappa shape index (κ2) is 7.70. The number of allylic oxidation sites excluding steroid dienone is 4. The van der Waals surface area contributed by atoms with Crippen molar-refractivity contribution in [1.82, 2.24) is 9.97 Å². The first-order chi connectivity index (χ1) is 11.5. The van der Waals surface area contributed by atoms with Crippen LogP contribution in [0.1, 0.15) is 11.3 Å². The van der Waals surface area contributed by atoms with E-state index in [1.54, 1.807) is 12.2 Å². The predicted octanol–water partition coefficient (Wildman–Crippen LogP) is 2.30. The number of hydrogen-bond acceptors (Lipinski definition) is 4. The van der Waals surface area contributed by atoms with Crippen molar-refractivity contribution in [3.05, 3.63) is 53.4 Å². The zero-order chi connectivity index (χ0) is 17.5. The van der Waals surface area contributed by atoms with E-state index >= 15 is 0 Å². The molecule has 0 aliphatic carbocycles. The number of nitrogens with zero attached hydrogens (tertiary/aromatic N) is 4. The van der Waals surface area contributed by atoms with Crippen LogP contribution in [0, 0.1) is 26.2 Å². The molecule has 0 saturated heterocycles. The summed E-state index contributed by atoms with van der Waals surface area (Å²) in [6.07, 6.45) is 11.2. The molecular weight excluding hydrogens is 300 g/mol. The Hall–Kier alpha value is -3.46. The van der Waals surface area contributed by atoms with Crippen LogP contribution < -0.4 is 11.5 Å². The topological polar surface area (TPSA) is 103 Å². The van der Waals surface area contributed by atoms with E-state index < -0.39 is 0 Å². The van der Waals surface area contributed by atoms with E-state index in [2.05, 4.69) is 25.9 Å². The van der Waals surface area contributed by atoms with Gasteiger partial charge in [-0.25, -0.2) is 15.0 Å². The lowest BCUT2D eigenvalue weighted by Crippen LogP contribution is -2.10. The highest BCUT2D eigenvalue weighted by atomic mass is 15.1. The standard InChI is InChI=1S/C18H18N6/c1-4-5-6-7-14(19)11-21-17(20)24-18-22-13(3)15-10-12(2)8-9-16(15)23-18/h1,5-11H,19H2,2-3H3,(H2,20,22,23,24)/b6-5-,14-7-,21-11?. The van der Waals surface area contributed by atoms with Gasteiger partial charge in [-0.3, -0.25) is 0 Å². The summed E-state index contributed by atoms with van der Waals surface area (Å²) < 4.78 is 0. The van der Waals surface area contributed by atoms with E-state index in [0.29, 0.717) is 5.70 Å². The smallest absolute Gasteiger partial charge is 0.253 e. The number of terminal acetylenes is 1. The molecule has 0 radical (unpaired) electrons. The maximum absolute atomic E-state index is 5.77. The van der Waals surface area contributed by atoms with Crippen LogP contribution in [0.15, 0.2) is 52.1 Å². The predicted molar refractivity (Wildman–Crippen MR) is 99.0 cm³/mol. The number of aryl methyl sites for hydroxylation is 2. The molecule has 1 heterocycles. The molecule has 0 saturated carbocycles. The average molecular weight is 318 g/mol. The molecule has 1 aromatic heterocycles. The number of aromatic nitrogens is 2. The van der Waals surface area contributed by atoms with Gasteiger partial charge in [0, 0.05) is 5.39 Å². The molecule has 0 atom stereocenters. The lowest BCUT2D eigenvalue weighted by atomic mass is 10.1. The highest BCUT2D eigenvalue weighted by Gasteiger charge is 2.04. The summed E-state index contributed by atoms with van der Waals surface area (Å²) in [5, 5.41) is 0.989. The minimum Gasteiger partial charge on any atom is -0.397 e. The van der Waals surface area contributed by atoms with E-state index in [-0.39, 0.29) is 11.9 Å². The van der Waals surface area contributed by atoms with Crippen molar-refractivity contribution < 1.29 is 0 Å². The number of fused-ring (bicyclic) bond motifs is 1. The van der Waals surface area contributed by atoms with Crippen molar-refractivity contribution >= 4 is 29.0 Å². The molecule has 0 bridgehead atoms. The molecule has 2 rings (SSSR count). The maximum Gasteiger partial charge on any atom is 0.253 e.